The van der Waals surface area contributed by atoms with Crippen LogP contribution in [0.2, 0.25) is 0 Å². The summed E-state index contributed by atoms with van der Waals surface area (Å²) >= 11 is 0. The van der Waals surface area contributed by atoms with E-state index in [-0.39, 0.29) is 11.9 Å². The van der Waals surface area contributed by atoms with Crippen molar-refractivity contribution >= 4 is 5.91 Å². The van der Waals surface area contributed by atoms with Gasteiger partial charge in [0.25, 0.3) is 0 Å². The Kier molecular flexibility index (Phi) is 3.99. The van der Waals surface area contributed by atoms with Gasteiger partial charge < -0.3 is 15.6 Å². The minimum atomic E-state index is 0.0278. The highest BCUT2D eigenvalue weighted by Gasteiger charge is 2.19. The van der Waals surface area contributed by atoms with Crippen molar-refractivity contribution in [2.45, 2.75) is 31.7 Å². The minimum Gasteiger partial charge on any atom is -0.367 e. The molecule has 0 aliphatic carbocycles. The van der Waals surface area contributed by atoms with Crippen LogP contribution in [-0.4, -0.2) is 30.0 Å². The van der Waals surface area contributed by atoms with Gasteiger partial charge in [-0.15, -0.1) is 0 Å². The molecule has 1 amide bonds. The Labute approximate surface area is 95.8 Å². The second-order valence-electron chi connectivity index (χ2n) is 4.26. The molecule has 1 atom stereocenters. The van der Waals surface area contributed by atoms with Gasteiger partial charge in [-0.25, -0.2) is 0 Å². The van der Waals surface area contributed by atoms with Gasteiger partial charge in [-0.1, -0.05) is 6.42 Å². The van der Waals surface area contributed by atoms with E-state index in [4.69, 9.17) is 0 Å². The Morgan fingerprint density at radius 3 is 3.12 bits per heavy atom. The molecule has 0 radical (unpaired) electrons. The molecule has 1 unspecified atom stereocenters. The Morgan fingerprint density at radius 1 is 1.50 bits per heavy atom. The highest BCUT2D eigenvalue weighted by atomic mass is 16.2. The highest BCUT2D eigenvalue weighted by molar-refractivity contribution is 5.81. The Bertz CT molecular complexity index is 315. The zero-order chi connectivity index (χ0) is 11.2. The van der Waals surface area contributed by atoms with Crippen LogP contribution in [0.25, 0.3) is 0 Å². The molecule has 1 aliphatic heterocycles. The summed E-state index contributed by atoms with van der Waals surface area (Å²) in [5.74, 6) is 0.148. The first kappa shape index (κ1) is 11.2. The number of carbonyl (C=O) groups excluding carboxylic acids is 1. The van der Waals surface area contributed by atoms with Crippen molar-refractivity contribution in [1.29, 1.82) is 0 Å². The molecule has 2 heterocycles. The lowest BCUT2D eigenvalue weighted by Crippen LogP contribution is -2.47. The van der Waals surface area contributed by atoms with Gasteiger partial charge in [-0.3, -0.25) is 4.79 Å². The maximum atomic E-state index is 11.7. The number of amides is 1. The molecule has 4 nitrogen and oxygen atoms in total. The Balaban J connectivity index is 1.67. The van der Waals surface area contributed by atoms with Crippen LogP contribution in [0.4, 0.5) is 0 Å². The average Bonchev–Trinajstić information content (AvgIpc) is 2.83. The van der Waals surface area contributed by atoms with Crippen molar-refractivity contribution < 1.29 is 4.79 Å². The van der Waals surface area contributed by atoms with Crippen LogP contribution in [0.15, 0.2) is 18.5 Å². The van der Waals surface area contributed by atoms with Crippen molar-refractivity contribution in [3.8, 4) is 0 Å². The third-order valence-electron chi connectivity index (χ3n) is 3.00. The predicted molar refractivity (Wildman–Crippen MR) is 63.1 cm³/mol. The van der Waals surface area contributed by atoms with Gasteiger partial charge in [-0.05, 0) is 37.4 Å². The molecule has 2 rings (SSSR count). The van der Waals surface area contributed by atoms with E-state index in [0.29, 0.717) is 0 Å². The monoisotopic (exact) mass is 221 g/mol. The van der Waals surface area contributed by atoms with Crippen molar-refractivity contribution in [3.63, 3.8) is 0 Å². The zero-order valence-electron chi connectivity index (χ0n) is 9.46. The van der Waals surface area contributed by atoms with Gasteiger partial charge in [0.1, 0.15) is 0 Å². The number of rotatable bonds is 4. The van der Waals surface area contributed by atoms with E-state index >= 15 is 0 Å². The third kappa shape index (κ3) is 3.10. The van der Waals surface area contributed by atoms with E-state index in [0.717, 1.165) is 32.4 Å². The van der Waals surface area contributed by atoms with Gasteiger partial charge in [0.15, 0.2) is 0 Å². The number of hydrogen-bond acceptors (Lipinski definition) is 2. The molecule has 1 aromatic heterocycles. The molecule has 1 aromatic rings. The smallest absolute Gasteiger partial charge is 0.237 e. The number of hydrogen-bond donors (Lipinski definition) is 3. The summed E-state index contributed by atoms with van der Waals surface area (Å²) in [4.78, 5) is 14.8. The lowest BCUT2D eigenvalue weighted by Gasteiger charge is -2.22. The molecule has 88 valence electrons. The topological polar surface area (TPSA) is 56.9 Å². The van der Waals surface area contributed by atoms with E-state index in [2.05, 4.69) is 15.6 Å². The van der Waals surface area contributed by atoms with Crippen LogP contribution >= 0.6 is 0 Å². The normalized spacial score (nSPS) is 20.6. The Morgan fingerprint density at radius 2 is 2.44 bits per heavy atom. The number of carbonyl (C=O) groups is 1. The van der Waals surface area contributed by atoms with Crippen molar-refractivity contribution in [2.75, 3.05) is 13.1 Å². The fourth-order valence-corrected chi connectivity index (χ4v) is 2.04. The lowest BCUT2D eigenvalue weighted by molar-refractivity contribution is -0.123. The summed E-state index contributed by atoms with van der Waals surface area (Å²) in [6.07, 6.45) is 8.07. The fraction of sp³-hybridized carbons (Fsp3) is 0.583. The van der Waals surface area contributed by atoms with Gasteiger partial charge >= 0.3 is 0 Å². The maximum Gasteiger partial charge on any atom is 0.237 e. The van der Waals surface area contributed by atoms with E-state index in [1.54, 1.807) is 0 Å². The number of piperidine rings is 1. The standard InChI is InChI=1S/C12H19N3O/c16-12(11-3-1-2-6-14-11)15-8-5-10-4-7-13-9-10/h4,7,9,11,13-14H,1-3,5-6,8H2,(H,15,16). The van der Waals surface area contributed by atoms with Gasteiger partial charge in [0.2, 0.25) is 5.91 Å². The summed E-state index contributed by atoms with van der Waals surface area (Å²) in [5, 5.41) is 6.22. The second-order valence-corrected chi connectivity index (χ2v) is 4.26. The van der Waals surface area contributed by atoms with Crippen LogP contribution in [0, 0.1) is 0 Å². The van der Waals surface area contributed by atoms with E-state index < -0.39 is 0 Å². The molecule has 0 spiro atoms. The summed E-state index contributed by atoms with van der Waals surface area (Å²) < 4.78 is 0. The molecule has 1 fully saturated rings. The van der Waals surface area contributed by atoms with Crippen LogP contribution in [-0.2, 0) is 11.2 Å². The average molecular weight is 221 g/mol. The zero-order valence-corrected chi connectivity index (χ0v) is 9.46. The first-order chi connectivity index (χ1) is 7.86. The number of aromatic nitrogens is 1. The van der Waals surface area contributed by atoms with E-state index in [9.17, 15) is 4.79 Å². The predicted octanol–water partition coefficient (Wildman–Crippen LogP) is 0.815. The van der Waals surface area contributed by atoms with Crippen LogP contribution in [0.5, 0.6) is 0 Å². The molecular formula is C12H19N3O. The van der Waals surface area contributed by atoms with Gasteiger partial charge in [0, 0.05) is 18.9 Å². The molecule has 4 heteroatoms. The molecule has 0 aromatic carbocycles. The van der Waals surface area contributed by atoms with Crippen molar-refractivity contribution in [3.05, 3.63) is 24.0 Å². The summed E-state index contributed by atoms with van der Waals surface area (Å²) in [5.41, 5.74) is 1.23. The summed E-state index contributed by atoms with van der Waals surface area (Å²) in [6.45, 7) is 1.69. The summed E-state index contributed by atoms with van der Waals surface area (Å²) in [7, 11) is 0. The largest absolute Gasteiger partial charge is 0.367 e. The van der Waals surface area contributed by atoms with E-state index in [1.807, 2.05) is 18.5 Å². The van der Waals surface area contributed by atoms with Crippen molar-refractivity contribution in [1.82, 2.24) is 15.6 Å². The van der Waals surface area contributed by atoms with Crippen molar-refractivity contribution in [2.24, 2.45) is 0 Å². The SMILES string of the molecule is O=C(NCCc1cc[nH]c1)C1CCCCN1. The number of nitrogens with one attached hydrogen (secondary N) is 3. The molecule has 0 bridgehead atoms. The third-order valence-corrected chi connectivity index (χ3v) is 3.00. The van der Waals surface area contributed by atoms with Crippen LogP contribution < -0.4 is 10.6 Å². The maximum absolute atomic E-state index is 11.7. The summed E-state index contributed by atoms with van der Waals surface area (Å²) in [6, 6.07) is 2.06. The fourth-order valence-electron chi connectivity index (χ4n) is 2.04. The molecular weight excluding hydrogens is 202 g/mol. The van der Waals surface area contributed by atoms with Crippen LogP contribution in [0.1, 0.15) is 24.8 Å². The minimum absolute atomic E-state index is 0.0278. The molecule has 1 aliphatic rings. The molecule has 0 saturated carbocycles. The van der Waals surface area contributed by atoms with Gasteiger partial charge in [0.05, 0.1) is 6.04 Å². The highest BCUT2D eigenvalue weighted by Crippen LogP contribution is 2.06. The van der Waals surface area contributed by atoms with Gasteiger partial charge in [-0.2, -0.15) is 0 Å². The van der Waals surface area contributed by atoms with Crippen LogP contribution in [0.3, 0.4) is 0 Å². The molecule has 3 N–H and O–H groups in total. The quantitative estimate of drug-likeness (QED) is 0.705. The molecule has 16 heavy (non-hydrogen) atoms. The molecule has 1 saturated heterocycles. The Hall–Kier alpha value is -1.29. The number of aromatic amines is 1. The first-order valence-corrected chi connectivity index (χ1v) is 5.99. The first-order valence-electron chi connectivity index (χ1n) is 5.99. The van der Waals surface area contributed by atoms with E-state index in [1.165, 1.54) is 12.0 Å². The second kappa shape index (κ2) is 5.70. The lowest BCUT2D eigenvalue weighted by atomic mass is 10.0. The number of H-pyrrole nitrogens is 1.